The average Bonchev–Trinajstić information content (AvgIpc) is 3.03. The van der Waals surface area contributed by atoms with Gasteiger partial charge in [0.15, 0.2) is 22.7 Å². The van der Waals surface area contributed by atoms with Crippen molar-refractivity contribution < 1.29 is 14.3 Å². The quantitative estimate of drug-likeness (QED) is 0.454. The van der Waals surface area contributed by atoms with Crippen LogP contribution in [0.25, 0.3) is 23.3 Å². The Bertz CT molecular complexity index is 1260. The Labute approximate surface area is 172 Å². The summed E-state index contributed by atoms with van der Waals surface area (Å²) >= 11 is 0. The zero-order valence-corrected chi connectivity index (χ0v) is 17.6. The molecule has 0 N–H and O–H groups in total. The lowest BCUT2D eigenvalue weighted by Crippen LogP contribution is -2.39. The van der Waals surface area contributed by atoms with E-state index in [4.69, 9.17) is 9.47 Å². The topological polar surface area (TPSA) is 97.4 Å². The van der Waals surface area contributed by atoms with Crippen LogP contribution in [0.2, 0.25) is 0 Å². The second kappa shape index (κ2) is 8.40. The minimum Gasteiger partial charge on any atom is -0.493 e. The first kappa shape index (κ1) is 21.1. The number of fused-ring (bicyclic) bond motifs is 1. The summed E-state index contributed by atoms with van der Waals surface area (Å²) in [7, 11) is 3.23. The van der Waals surface area contributed by atoms with E-state index in [9.17, 15) is 14.4 Å². The molecule has 1 aromatic carbocycles. The first-order valence-electron chi connectivity index (χ1n) is 9.56. The maximum absolute atomic E-state index is 12.8. The van der Waals surface area contributed by atoms with Crippen molar-refractivity contribution in [1.29, 1.82) is 0 Å². The highest BCUT2D eigenvalue weighted by atomic mass is 16.6. The van der Waals surface area contributed by atoms with Crippen LogP contribution in [-0.2, 0) is 24.9 Å². The summed E-state index contributed by atoms with van der Waals surface area (Å²) in [6.07, 6.45) is 3.51. The molecule has 0 bridgehead atoms. The molecule has 0 aliphatic carbocycles. The van der Waals surface area contributed by atoms with Crippen molar-refractivity contribution in [2.24, 2.45) is 7.05 Å². The highest BCUT2D eigenvalue weighted by Crippen LogP contribution is 2.29. The first-order valence-corrected chi connectivity index (χ1v) is 9.56. The average molecular weight is 412 g/mol. The van der Waals surface area contributed by atoms with Crippen LogP contribution in [-0.4, -0.2) is 31.8 Å². The Morgan fingerprint density at radius 3 is 2.40 bits per heavy atom. The van der Waals surface area contributed by atoms with Crippen LogP contribution in [0.1, 0.15) is 32.2 Å². The van der Waals surface area contributed by atoms with Gasteiger partial charge in [0, 0.05) is 27.1 Å². The highest BCUT2D eigenvalue weighted by Gasteiger charge is 2.17. The van der Waals surface area contributed by atoms with Crippen molar-refractivity contribution in [2.75, 3.05) is 7.11 Å². The number of ether oxygens (including phenoxy) is 2. The van der Waals surface area contributed by atoms with Gasteiger partial charge < -0.3 is 14.0 Å². The third-order valence-electron chi connectivity index (χ3n) is 4.78. The number of hydrogen-bond donors (Lipinski definition) is 0. The zero-order valence-electron chi connectivity index (χ0n) is 17.6. The largest absolute Gasteiger partial charge is 0.493 e. The number of benzene rings is 1. The molecule has 0 atom stereocenters. The molecule has 0 fully saturated rings. The van der Waals surface area contributed by atoms with Crippen LogP contribution in [0.3, 0.4) is 0 Å². The molecular weight excluding hydrogens is 388 g/mol. The number of aryl methyl sites for hydroxylation is 2. The van der Waals surface area contributed by atoms with Gasteiger partial charge in [-0.15, -0.1) is 0 Å². The van der Waals surface area contributed by atoms with Gasteiger partial charge in [0.1, 0.15) is 5.82 Å². The third-order valence-corrected chi connectivity index (χ3v) is 4.78. The van der Waals surface area contributed by atoms with Crippen LogP contribution >= 0.6 is 0 Å². The smallest absolute Gasteiger partial charge is 0.332 e. The SMILES string of the molecule is CCn1c(=O)c2c(nc(C=Cc3ccc(OC)c(OC(C)=O)c3)n2C)n(CC)c1=O. The molecule has 0 aliphatic rings. The number of imidazole rings is 1. The lowest BCUT2D eigenvalue weighted by molar-refractivity contribution is -0.132. The van der Waals surface area contributed by atoms with Gasteiger partial charge in [-0.2, -0.15) is 0 Å². The van der Waals surface area contributed by atoms with E-state index in [-0.39, 0.29) is 17.8 Å². The second-order valence-corrected chi connectivity index (χ2v) is 6.61. The Kier molecular flexibility index (Phi) is 5.91. The van der Waals surface area contributed by atoms with Gasteiger partial charge >= 0.3 is 11.7 Å². The van der Waals surface area contributed by atoms with Crippen LogP contribution in [0.4, 0.5) is 0 Å². The third kappa shape index (κ3) is 3.66. The lowest BCUT2D eigenvalue weighted by Gasteiger charge is -2.08. The maximum Gasteiger partial charge on any atom is 0.332 e. The van der Waals surface area contributed by atoms with E-state index < -0.39 is 5.97 Å². The van der Waals surface area contributed by atoms with Gasteiger partial charge in [-0.25, -0.2) is 9.78 Å². The minimum absolute atomic E-state index is 0.286. The molecule has 30 heavy (non-hydrogen) atoms. The second-order valence-electron chi connectivity index (χ2n) is 6.61. The number of hydrogen-bond acceptors (Lipinski definition) is 6. The standard InChI is InChI=1S/C21H24N4O5/c1-6-24-19-18(20(27)25(7-2)21(24)28)23(4)17(22-19)11-9-14-8-10-15(29-5)16(12-14)30-13(3)26/h8-12H,6-7H2,1-5H3. The van der Waals surface area contributed by atoms with Crippen LogP contribution in [0.5, 0.6) is 11.5 Å². The monoisotopic (exact) mass is 412 g/mol. The van der Waals surface area contributed by atoms with E-state index in [0.29, 0.717) is 35.0 Å². The number of aromatic nitrogens is 4. The van der Waals surface area contributed by atoms with E-state index in [1.54, 1.807) is 48.9 Å². The van der Waals surface area contributed by atoms with Gasteiger partial charge in [-0.05, 0) is 37.6 Å². The molecule has 9 heteroatoms. The molecule has 9 nitrogen and oxygen atoms in total. The highest BCUT2D eigenvalue weighted by molar-refractivity contribution is 5.77. The molecular formula is C21H24N4O5. The molecule has 2 aromatic heterocycles. The van der Waals surface area contributed by atoms with Crippen molar-refractivity contribution in [3.63, 3.8) is 0 Å². The van der Waals surface area contributed by atoms with Gasteiger partial charge in [-0.3, -0.25) is 18.7 Å². The Balaban J connectivity index is 2.11. The van der Waals surface area contributed by atoms with Crippen molar-refractivity contribution in [3.8, 4) is 11.5 Å². The fourth-order valence-corrected chi connectivity index (χ4v) is 3.29. The molecule has 3 rings (SSSR count). The number of methoxy groups -OCH3 is 1. The first-order chi connectivity index (χ1) is 14.3. The van der Waals surface area contributed by atoms with Crippen LogP contribution in [0.15, 0.2) is 27.8 Å². The molecule has 158 valence electrons. The molecule has 0 spiro atoms. The molecule has 3 aromatic rings. The molecule has 0 saturated carbocycles. The van der Waals surface area contributed by atoms with Crippen molar-refractivity contribution in [1.82, 2.24) is 18.7 Å². The van der Waals surface area contributed by atoms with Crippen LogP contribution < -0.4 is 20.7 Å². The Morgan fingerprint density at radius 2 is 1.80 bits per heavy atom. The fraction of sp³-hybridized carbons (Fsp3) is 0.333. The summed E-state index contributed by atoms with van der Waals surface area (Å²) < 4.78 is 14.8. The van der Waals surface area contributed by atoms with Gasteiger partial charge in [0.25, 0.3) is 5.56 Å². The number of nitrogens with zero attached hydrogens (tertiary/aromatic N) is 4. The van der Waals surface area contributed by atoms with Gasteiger partial charge in [0.05, 0.1) is 7.11 Å². The van der Waals surface area contributed by atoms with E-state index in [1.165, 1.54) is 23.2 Å². The summed E-state index contributed by atoms with van der Waals surface area (Å²) in [5.41, 5.74) is 0.742. The molecule has 0 amide bonds. The zero-order chi connectivity index (χ0) is 22.0. The summed E-state index contributed by atoms with van der Waals surface area (Å²) in [4.78, 5) is 41.2. The van der Waals surface area contributed by atoms with E-state index in [1.807, 2.05) is 6.92 Å². The van der Waals surface area contributed by atoms with Crippen LogP contribution in [0, 0.1) is 0 Å². The van der Waals surface area contributed by atoms with E-state index >= 15 is 0 Å². The molecule has 0 unspecified atom stereocenters. The summed E-state index contributed by atoms with van der Waals surface area (Å²) in [6.45, 7) is 5.60. The van der Waals surface area contributed by atoms with Crippen molar-refractivity contribution in [3.05, 3.63) is 50.4 Å². The lowest BCUT2D eigenvalue weighted by atomic mass is 10.2. The predicted molar refractivity (Wildman–Crippen MR) is 114 cm³/mol. The minimum atomic E-state index is -0.450. The maximum atomic E-state index is 12.8. The summed E-state index contributed by atoms with van der Waals surface area (Å²) in [6, 6.07) is 5.17. The van der Waals surface area contributed by atoms with E-state index in [0.717, 1.165) is 5.56 Å². The summed E-state index contributed by atoms with van der Waals surface area (Å²) in [5, 5.41) is 0. The van der Waals surface area contributed by atoms with Crippen molar-refractivity contribution >= 4 is 29.3 Å². The van der Waals surface area contributed by atoms with E-state index in [2.05, 4.69) is 4.98 Å². The molecule has 0 radical (unpaired) electrons. The number of carbonyl (C=O) groups is 1. The fourth-order valence-electron chi connectivity index (χ4n) is 3.29. The summed E-state index contributed by atoms with van der Waals surface area (Å²) in [5.74, 6) is 0.817. The number of carbonyl (C=O) groups excluding carboxylic acids is 1. The Morgan fingerprint density at radius 1 is 1.10 bits per heavy atom. The molecule has 0 saturated heterocycles. The molecule has 2 heterocycles. The predicted octanol–water partition coefficient (Wildman–Crippen LogP) is 2.04. The molecule has 0 aliphatic heterocycles. The Hall–Kier alpha value is -3.62. The normalized spacial score (nSPS) is 11.4. The van der Waals surface area contributed by atoms with Gasteiger partial charge in [0.2, 0.25) is 0 Å². The van der Waals surface area contributed by atoms with Gasteiger partial charge in [-0.1, -0.05) is 12.1 Å². The number of esters is 1. The number of rotatable bonds is 6. The van der Waals surface area contributed by atoms with Crippen molar-refractivity contribution in [2.45, 2.75) is 33.9 Å².